The van der Waals surface area contributed by atoms with Crippen LogP contribution in [0, 0.1) is 12.7 Å². The number of halogens is 1. The van der Waals surface area contributed by atoms with Crippen molar-refractivity contribution in [2.45, 2.75) is 13.0 Å². The van der Waals surface area contributed by atoms with Crippen LogP contribution < -0.4 is 10.1 Å². The van der Waals surface area contributed by atoms with Gasteiger partial charge in [0.1, 0.15) is 24.3 Å². The number of ether oxygens (including phenoxy) is 1. The number of aliphatic hydroxyl groups excluding tert-OH is 1. The fourth-order valence-corrected chi connectivity index (χ4v) is 1.69. The second-order valence-corrected chi connectivity index (χ2v) is 4.67. The lowest BCUT2D eigenvalue weighted by atomic mass is 10.2. The standard InChI is InChI=1S/C16H18FNO2/c1-12-2-6-14(7-3-12)18-10-15(19)11-20-16-8-4-13(17)5-9-16/h2-9,15,18-19H,10-11H2,1H3. The molecule has 0 aliphatic heterocycles. The summed E-state index contributed by atoms with van der Waals surface area (Å²) in [5.74, 6) is 0.236. The zero-order chi connectivity index (χ0) is 14.4. The molecule has 0 spiro atoms. The summed E-state index contributed by atoms with van der Waals surface area (Å²) in [6.45, 7) is 2.57. The third-order valence-corrected chi connectivity index (χ3v) is 2.85. The summed E-state index contributed by atoms with van der Waals surface area (Å²) in [5.41, 5.74) is 2.15. The van der Waals surface area contributed by atoms with E-state index < -0.39 is 6.10 Å². The summed E-state index contributed by atoms with van der Waals surface area (Å²) in [5, 5.41) is 12.9. The van der Waals surface area contributed by atoms with Crippen LogP contribution in [0.5, 0.6) is 5.75 Å². The smallest absolute Gasteiger partial charge is 0.123 e. The Labute approximate surface area is 118 Å². The minimum atomic E-state index is -0.638. The van der Waals surface area contributed by atoms with E-state index in [1.54, 1.807) is 0 Å². The van der Waals surface area contributed by atoms with E-state index in [9.17, 15) is 9.50 Å². The maximum absolute atomic E-state index is 12.7. The SMILES string of the molecule is Cc1ccc(NCC(O)COc2ccc(F)cc2)cc1. The molecular weight excluding hydrogens is 257 g/mol. The summed E-state index contributed by atoms with van der Waals surface area (Å²) in [7, 11) is 0. The molecule has 2 aromatic rings. The molecule has 2 rings (SSSR count). The molecule has 0 aliphatic rings. The monoisotopic (exact) mass is 275 g/mol. The van der Waals surface area contributed by atoms with Gasteiger partial charge in [-0.15, -0.1) is 0 Å². The largest absolute Gasteiger partial charge is 0.491 e. The van der Waals surface area contributed by atoms with Crippen molar-refractivity contribution in [3.63, 3.8) is 0 Å². The van der Waals surface area contributed by atoms with Crippen molar-refractivity contribution in [3.8, 4) is 5.75 Å². The molecule has 0 saturated carbocycles. The Morgan fingerprint density at radius 3 is 2.40 bits per heavy atom. The highest BCUT2D eigenvalue weighted by molar-refractivity contribution is 5.44. The summed E-state index contributed by atoms with van der Waals surface area (Å²) < 4.78 is 18.1. The van der Waals surface area contributed by atoms with Gasteiger partial charge in [-0.3, -0.25) is 0 Å². The number of rotatable bonds is 6. The maximum atomic E-state index is 12.7. The number of hydrogen-bond acceptors (Lipinski definition) is 3. The lowest BCUT2D eigenvalue weighted by Gasteiger charge is -2.14. The fourth-order valence-electron chi connectivity index (χ4n) is 1.69. The molecular formula is C16H18FNO2. The molecule has 0 bridgehead atoms. The highest BCUT2D eigenvalue weighted by Crippen LogP contribution is 2.12. The predicted octanol–water partition coefficient (Wildman–Crippen LogP) is 2.99. The van der Waals surface area contributed by atoms with Gasteiger partial charge in [-0.25, -0.2) is 4.39 Å². The Morgan fingerprint density at radius 1 is 1.10 bits per heavy atom. The van der Waals surface area contributed by atoms with Gasteiger partial charge in [-0.1, -0.05) is 17.7 Å². The fraction of sp³-hybridized carbons (Fsp3) is 0.250. The van der Waals surface area contributed by atoms with E-state index in [4.69, 9.17) is 4.74 Å². The molecule has 0 heterocycles. The summed E-state index contributed by atoms with van der Waals surface area (Å²) in [4.78, 5) is 0. The van der Waals surface area contributed by atoms with Crippen LogP contribution in [0.4, 0.5) is 10.1 Å². The molecule has 1 unspecified atom stereocenters. The van der Waals surface area contributed by atoms with Gasteiger partial charge in [-0.2, -0.15) is 0 Å². The van der Waals surface area contributed by atoms with Gasteiger partial charge in [0, 0.05) is 12.2 Å². The van der Waals surface area contributed by atoms with Crippen molar-refractivity contribution in [3.05, 3.63) is 59.9 Å². The van der Waals surface area contributed by atoms with Gasteiger partial charge in [-0.05, 0) is 43.3 Å². The van der Waals surface area contributed by atoms with Gasteiger partial charge in [0.2, 0.25) is 0 Å². The average Bonchev–Trinajstić information content (AvgIpc) is 2.46. The second kappa shape index (κ2) is 6.91. The van der Waals surface area contributed by atoms with Gasteiger partial charge < -0.3 is 15.2 Å². The van der Waals surface area contributed by atoms with Crippen LogP contribution in [0.25, 0.3) is 0 Å². The van der Waals surface area contributed by atoms with Crippen LogP contribution in [0.15, 0.2) is 48.5 Å². The molecule has 0 aromatic heterocycles. The molecule has 20 heavy (non-hydrogen) atoms. The first kappa shape index (κ1) is 14.3. The molecule has 0 aliphatic carbocycles. The van der Waals surface area contributed by atoms with Gasteiger partial charge >= 0.3 is 0 Å². The first-order chi connectivity index (χ1) is 9.63. The van der Waals surface area contributed by atoms with Crippen molar-refractivity contribution < 1.29 is 14.2 Å². The molecule has 0 radical (unpaired) electrons. The lowest BCUT2D eigenvalue weighted by molar-refractivity contribution is 0.117. The molecule has 0 saturated heterocycles. The van der Waals surface area contributed by atoms with Crippen LogP contribution in [0.3, 0.4) is 0 Å². The van der Waals surface area contributed by atoms with E-state index in [0.29, 0.717) is 12.3 Å². The molecule has 106 valence electrons. The Morgan fingerprint density at radius 2 is 1.75 bits per heavy atom. The van der Waals surface area contributed by atoms with Crippen molar-refractivity contribution in [2.24, 2.45) is 0 Å². The van der Waals surface area contributed by atoms with Crippen molar-refractivity contribution in [2.75, 3.05) is 18.5 Å². The maximum Gasteiger partial charge on any atom is 0.123 e. The van der Waals surface area contributed by atoms with Crippen LogP contribution in [0.2, 0.25) is 0 Å². The Kier molecular flexibility index (Phi) is 4.96. The normalized spacial score (nSPS) is 11.9. The number of aliphatic hydroxyl groups is 1. The van der Waals surface area contributed by atoms with Crippen LogP contribution in [0.1, 0.15) is 5.56 Å². The number of anilines is 1. The molecule has 2 aromatic carbocycles. The highest BCUT2D eigenvalue weighted by Gasteiger charge is 2.05. The molecule has 2 N–H and O–H groups in total. The number of nitrogens with one attached hydrogen (secondary N) is 1. The minimum Gasteiger partial charge on any atom is -0.491 e. The molecule has 4 heteroatoms. The Hall–Kier alpha value is -2.07. The third kappa shape index (κ3) is 4.55. The molecule has 0 amide bonds. The van der Waals surface area contributed by atoms with Gasteiger partial charge in [0.15, 0.2) is 0 Å². The van der Waals surface area contributed by atoms with E-state index in [2.05, 4.69) is 5.32 Å². The Bertz CT molecular complexity index is 476. The quantitative estimate of drug-likeness (QED) is 0.851. The van der Waals surface area contributed by atoms with Crippen molar-refractivity contribution in [1.29, 1.82) is 0 Å². The lowest BCUT2D eigenvalue weighted by Crippen LogP contribution is -2.26. The average molecular weight is 275 g/mol. The predicted molar refractivity (Wildman–Crippen MR) is 77.6 cm³/mol. The summed E-state index contributed by atoms with van der Waals surface area (Å²) in [6.07, 6.45) is -0.638. The summed E-state index contributed by atoms with van der Waals surface area (Å²) in [6, 6.07) is 13.7. The molecule has 3 nitrogen and oxygen atoms in total. The number of benzene rings is 2. The topological polar surface area (TPSA) is 41.5 Å². The second-order valence-electron chi connectivity index (χ2n) is 4.67. The Balaban J connectivity index is 1.73. The van der Waals surface area contributed by atoms with E-state index in [1.165, 1.54) is 29.8 Å². The van der Waals surface area contributed by atoms with E-state index in [1.807, 2.05) is 31.2 Å². The number of hydrogen-bond donors (Lipinski definition) is 2. The summed E-state index contributed by atoms with van der Waals surface area (Å²) >= 11 is 0. The first-order valence-electron chi connectivity index (χ1n) is 6.50. The molecule has 1 atom stereocenters. The highest BCUT2D eigenvalue weighted by atomic mass is 19.1. The van der Waals surface area contributed by atoms with Crippen molar-refractivity contribution >= 4 is 5.69 Å². The number of aryl methyl sites for hydroxylation is 1. The zero-order valence-corrected chi connectivity index (χ0v) is 11.3. The van der Waals surface area contributed by atoms with E-state index >= 15 is 0 Å². The van der Waals surface area contributed by atoms with Gasteiger partial charge in [0.25, 0.3) is 0 Å². The minimum absolute atomic E-state index is 0.157. The molecule has 0 fully saturated rings. The van der Waals surface area contributed by atoms with Crippen LogP contribution >= 0.6 is 0 Å². The van der Waals surface area contributed by atoms with E-state index in [0.717, 1.165) is 5.69 Å². The zero-order valence-electron chi connectivity index (χ0n) is 11.3. The van der Waals surface area contributed by atoms with Gasteiger partial charge in [0.05, 0.1) is 0 Å². The van der Waals surface area contributed by atoms with Crippen molar-refractivity contribution in [1.82, 2.24) is 0 Å². The first-order valence-corrected chi connectivity index (χ1v) is 6.50. The van der Waals surface area contributed by atoms with Crippen LogP contribution in [-0.4, -0.2) is 24.4 Å². The van der Waals surface area contributed by atoms with Crippen LogP contribution in [-0.2, 0) is 0 Å². The third-order valence-electron chi connectivity index (χ3n) is 2.85. The van der Waals surface area contributed by atoms with E-state index in [-0.39, 0.29) is 12.4 Å².